The fraction of sp³-hybridized carbons (Fsp3) is 0.0588. The second kappa shape index (κ2) is 8.29. The Morgan fingerprint density at radius 3 is 2.29 bits per heavy atom. The van der Waals surface area contributed by atoms with Crippen LogP contribution in [0, 0.1) is 0 Å². The van der Waals surface area contributed by atoms with Crippen molar-refractivity contribution in [2.75, 3.05) is 6.61 Å². The minimum absolute atomic E-state index is 0.0991. The van der Waals surface area contributed by atoms with Crippen molar-refractivity contribution < 1.29 is 4.74 Å². The van der Waals surface area contributed by atoms with Crippen LogP contribution < -0.4 is 0 Å². The quantitative estimate of drug-likeness (QED) is 0.247. The second-order valence-corrected chi connectivity index (χ2v) is 9.76. The molecule has 4 heteroatoms. The van der Waals surface area contributed by atoms with Crippen LogP contribution in [-0.2, 0) is 4.74 Å². The molecule has 8 rings (SSSR count). The van der Waals surface area contributed by atoms with E-state index in [0.29, 0.717) is 12.6 Å². The zero-order chi connectivity index (χ0) is 25.1. The predicted molar refractivity (Wildman–Crippen MR) is 156 cm³/mol. The average molecular weight is 490 g/mol. The van der Waals surface area contributed by atoms with Crippen molar-refractivity contribution in [2.45, 2.75) is 6.04 Å². The van der Waals surface area contributed by atoms with E-state index in [2.05, 4.69) is 114 Å². The van der Waals surface area contributed by atoms with Crippen LogP contribution in [0.3, 0.4) is 0 Å². The van der Waals surface area contributed by atoms with Gasteiger partial charge < -0.3 is 4.74 Å². The zero-order valence-electron chi connectivity index (χ0n) is 20.6. The molecule has 4 nitrogen and oxygen atoms in total. The van der Waals surface area contributed by atoms with Crippen molar-refractivity contribution in [1.82, 2.24) is 4.57 Å². The molecule has 38 heavy (non-hydrogen) atoms. The first-order chi connectivity index (χ1) is 18.9. The van der Waals surface area contributed by atoms with E-state index >= 15 is 0 Å². The Morgan fingerprint density at radius 2 is 1.39 bits per heavy atom. The first kappa shape index (κ1) is 21.2. The number of benzene rings is 5. The maximum absolute atomic E-state index is 5.83. The number of para-hydroxylation sites is 1. The van der Waals surface area contributed by atoms with E-state index in [0.717, 1.165) is 39.0 Å². The predicted octanol–water partition coefficient (Wildman–Crippen LogP) is 7.60. The minimum atomic E-state index is -0.0991. The Bertz CT molecular complexity index is 1980. The topological polar surface area (TPSA) is 38.9 Å². The molecule has 180 valence electrons. The summed E-state index contributed by atoms with van der Waals surface area (Å²) in [6.07, 6.45) is 1.84. The number of ether oxygens (including phenoxy) is 1. The van der Waals surface area contributed by atoms with Crippen LogP contribution in [0.4, 0.5) is 0 Å². The summed E-state index contributed by atoms with van der Waals surface area (Å²) < 4.78 is 8.05. The van der Waals surface area contributed by atoms with Gasteiger partial charge in [-0.15, -0.1) is 0 Å². The molecule has 3 heterocycles. The van der Waals surface area contributed by atoms with E-state index in [1.165, 1.54) is 21.5 Å². The van der Waals surface area contributed by atoms with Crippen LogP contribution in [-0.4, -0.2) is 28.9 Å². The van der Waals surface area contributed by atoms with E-state index in [1.54, 1.807) is 0 Å². The molecule has 0 fully saturated rings. The molecular formula is C34H23N3O. The summed E-state index contributed by atoms with van der Waals surface area (Å²) in [5, 5.41) is 4.89. The smallest absolute Gasteiger partial charge is 0.231 e. The molecule has 0 amide bonds. The lowest BCUT2D eigenvalue weighted by Crippen LogP contribution is -2.27. The lowest BCUT2D eigenvalue weighted by Gasteiger charge is -2.21. The standard InChI is InChI=1S/C34H23N3O/c1-2-10-22(11-3-1)24-13-6-7-15-26(24)33-28-20-38-21-29(28)35-34(36-33)37-30-17-9-8-16-27(30)32-25-14-5-4-12-23(25)18-19-31(32)37/h1-20,29H,21H2. The van der Waals surface area contributed by atoms with Gasteiger partial charge in [-0.3, -0.25) is 4.57 Å². The van der Waals surface area contributed by atoms with Crippen molar-refractivity contribution in [3.8, 4) is 11.1 Å². The highest BCUT2D eigenvalue weighted by Crippen LogP contribution is 2.37. The number of fused-ring (bicyclic) bond motifs is 6. The third-order valence-electron chi connectivity index (χ3n) is 7.61. The highest BCUT2D eigenvalue weighted by atomic mass is 16.5. The summed E-state index contributed by atoms with van der Waals surface area (Å²) in [6, 6.07) is 40.4. The number of aromatic nitrogens is 1. The zero-order valence-corrected chi connectivity index (χ0v) is 20.6. The van der Waals surface area contributed by atoms with Gasteiger partial charge in [0.05, 0.1) is 23.0 Å². The molecular weight excluding hydrogens is 466 g/mol. The lowest BCUT2D eigenvalue weighted by molar-refractivity contribution is 0.270. The van der Waals surface area contributed by atoms with E-state index in [1.807, 2.05) is 12.3 Å². The molecule has 1 atom stereocenters. The summed E-state index contributed by atoms with van der Waals surface area (Å²) in [7, 11) is 0. The van der Waals surface area contributed by atoms with Crippen molar-refractivity contribution in [3.63, 3.8) is 0 Å². The molecule has 0 saturated heterocycles. The Labute approximate surface area is 219 Å². The van der Waals surface area contributed by atoms with E-state index < -0.39 is 0 Å². The third kappa shape index (κ3) is 3.10. The SMILES string of the molecule is C1=C2C(c3ccccc3-c3ccccc3)=NC(n3c4ccccc4c4c5ccccc5ccc43)=NC2CO1. The Morgan fingerprint density at radius 1 is 0.658 bits per heavy atom. The maximum atomic E-state index is 5.83. The van der Waals surface area contributed by atoms with E-state index in [9.17, 15) is 0 Å². The van der Waals surface area contributed by atoms with E-state index in [4.69, 9.17) is 14.7 Å². The number of hydrogen-bond acceptors (Lipinski definition) is 3. The summed E-state index contributed by atoms with van der Waals surface area (Å²) >= 11 is 0. The molecule has 0 N–H and O–H groups in total. The van der Waals surface area contributed by atoms with Crippen LogP contribution >= 0.6 is 0 Å². The summed E-state index contributed by atoms with van der Waals surface area (Å²) in [5.41, 5.74) is 7.55. The summed E-state index contributed by atoms with van der Waals surface area (Å²) in [6.45, 7) is 0.519. The van der Waals surface area contributed by atoms with Gasteiger partial charge in [-0.2, -0.15) is 0 Å². The molecule has 0 spiro atoms. The normalized spacial score (nSPS) is 16.7. The lowest BCUT2D eigenvalue weighted by atomic mass is 9.91. The maximum Gasteiger partial charge on any atom is 0.231 e. The summed E-state index contributed by atoms with van der Waals surface area (Å²) in [5.74, 6) is 0.692. The van der Waals surface area contributed by atoms with Gasteiger partial charge in [-0.05, 0) is 34.0 Å². The van der Waals surface area contributed by atoms with Crippen molar-refractivity contribution >= 4 is 44.2 Å². The van der Waals surface area contributed by atoms with Crippen molar-refractivity contribution in [1.29, 1.82) is 0 Å². The van der Waals surface area contributed by atoms with Crippen LogP contribution in [0.15, 0.2) is 137 Å². The van der Waals surface area contributed by atoms with Gasteiger partial charge in [-0.1, -0.05) is 103 Å². The van der Waals surface area contributed by atoms with Gasteiger partial charge in [0.2, 0.25) is 5.96 Å². The van der Waals surface area contributed by atoms with Crippen LogP contribution in [0.1, 0.15) is 5.56 Å². The Balaban J connectivity index is 1.41. The second-order valence-electron chi connectivity index (χ2n) is 9.76. The monoisotopic (exact) mass is 489 g/mol. The average Bonchev–Trinajstić information content (AvgIpc) is 3.60. The van der Waals surface area contributed by atoms with Crippen molar-refractivity contribution in [3.05, 3.63) is 133 Å². The fourth-order valence-electron chi connectivity index (χ4n) is 5.89. The molecule has 6 aromatic rings. The van der Waals surface area contributed by atoms with E-state index in [-0.39, 0.29) is 6.04 Å². The van der Waals surface area contributed by atoms with Gasteiger partial charge in [0, 0.05) is 21.9 Å². The van der Waals surface area contributed by atoms with Gasteiger partial charge in [0.25, 0.3) is 0 Å². The van der Waals surface area contributed by atoms with Gasteiger partial charge in [-0.25, -0.2) is 9.98 Å². The third-order valence-corrected chi connectivity index (χ3v) is 7.61. The fourth-order valence-corrected chi connectivity index (χ4v) is 5.89. The van der Waals surface area contributed by atoms with Crippen LogP contribution in [0.25, 0.3) is 43.7 Å². The molecule has 0 saturated carbocycles. The molecule has 5 aromatic carbocycles. The van der Waals surface area contributed by atoms with Crippen LogP contribution in [0.5, 0.6) is 0 Å². The number of aliphatic imine (C=N–C) groups is 2. The highest BCUT2D eigenvalue weighted by molar-refractivity contribution is 6.27. The molecule has 2 aliphatic heterocycles. The minimum Gasteiger partial charge on any atom is -0.498 e. The molecule has 0 aliphatic carbocycles. The molecule has 0 radical (unpaired) electrons. The molecule has 1 aromatic heterocycles. The van der Waals surface area contributed by atoms with Gasteiger partial charge >= 0.3 is 0 Å². The van der Waals surface area contributed by atoms with Crippen molar-refractivity contribution in [2.24, 2.45) is 9.98 Å². The highest BCUT2D eigenvalue weighted by Gasteiger charge is 2.32. The summed E-state index contributed by atoms with van der Waals surface area (Å²) in [4.78, 5) is 10.4. The number of hydrogen-bond donors (Lipinski definition) is 0. The first-order valence-corrected chi connectivity index (χ1v) is 12.9. The molecule has 0 bridgehead atoms. The number of rotatable bonds is 2. The largest absolute Gasteiger partial charge is 0.498 e. The first-order valence-electron chi connectivity index (χ1n) is 12.9. The molecule has 1 unspecified atom stereocenters. The van der Waals surface area contributed by atoms with Gasteiger partial charge in [0.1, 0.15) is 12.6 Å². The number of nitrogens with zero attached hydrogens (tertiary/aromatic N) is 3. The Hall–Kier alpha value is -4.96. The molecule has 2 aliphatic rings. The van der Waals surface area contributed by atoms with Gasteiger partial charge in [0.15, 0.2) is 0 Å². The van der Waals surface area contributed by atoms with Crippen LogP contribution in [0.2, 0.25) is 0 Å². The Kier molecular flexibility index (Phi) is 4.61.